The van der Waals surface area contributed by atoms with Crippen molar-refractivity contribution < 1.29 is 0 Å². The van der Waals surface area contributed by atoms with Gasteiger partial charge in [-0.2, -0.15) is 0 Å². The number of rotatable bonds is 6. The van der Waals surface area contributed by atoms with Gasteiger partial charge in [0.1, 0.15) is 0 Å². The van der Waals surface area contributed by atoms with Gasteiger partial charge in [0.2, 0.25) is 0 Å². The highest BCUT2D eigenvalue weighted by Crippen LogP contribution is 2.20. The van der Waals surface area contributed by atoms with Crippen molar-refractivity contribution in [3.05, 3.63) is 36.0 Å². The van der Waals surface area contributed by atoms with Crippen LogP contribution in [0, 0.1) is 5.92 Å². The molecule has 0 radical (unpaired) electrons. The standard InChI is InChI=1S/C22H33N5/c1-23-22(27-14-10-18(17-27)16-26-12-4-5-13-26)24-11-6-7-19-15-25-21-9-3-2-8-20(19)21/h2-3,8-9,15,18,25H,4-7,10-14,16-17H2,1H3,(H,23,24). The molecule has 27 heavy (non-hydrogen) atoms. The van der Waals surface area contributed by atoms with E-state index in [0.717, 1.165) is 44.4 Å². The third-order valence-electron chi connectivity index (χ3n) is 6.09. The first-order chi connectivity index (χ1) is 13.3. The molecule has 2 aliphatic heterocycles. The molecule has 0 amide bonds. The van der Waals surface area contributed by atoms with Gasteiger partial charge >= 0.3 is 0 Å². The Morgan fingerprint density at radius 3 is 2.93 bits per heavy atom. The fraction of sp³-hybridized carbons (Fsp3) is 0.591. The first kappa shape index (κ1) is 18.4. The van der Waals surface area contributed by atoms with Crippen molar-refractivity contribution in [2.75, 3.05) is 46.3 Å². The Bertz CT molecular complexity index is 759. The van der Waals surface area contributed by atoms with Gasteiger partial charge in [-0.1, -0.05) is 18.2 Å². The molecule has 5 heteroatoms. The van der Waals surface area contributed by atoms with Gasteiger partial charge in [0, 0.05) is 50.3 Å². The Labute approximate surface area is 162 Å². The molecule has 2 N–H and O–H groups in total. The number of hydrogen-bond donors (Lipinski definition) is 2. The second-order valence-corrected chi connectivity index (χ2v) is 8.05. The van der Waals surface area contributed by atoms with E-state index < -0.39 is 0 Å². The zero-order valence-corrected chi connectivity index (χ0v) is 16.6. The van der Waals surface area contributed by atoms with Gasteiger partial charge in [-0.3, -0.25) is 4.99 Å². The summed E-state index contributed by atoms with van der Waals surface area (Å²) in [5.41, 5.74) is 2.65. The number of aryl methyl sites for hydroxylation is 1. The number of aromatic nitrogens is 1. The molecule has 3 heterocycles. The minimum absolute atomic E-state index is 0.799. The quantitative estimate of drug-likeness (QED) is 0.469. The molecule has 2 aliphatic rings. The molecule has 2 saturated heterocycles. The molecule has 4 rings (SSSR count). The van der Waals surface area contributed by atoms with E-state index in [-0.39, 0.29) is 0 Å². The SMILES string of the molecule is CN=C(NCCCc1c[nH]c2ccccc12)N1CCC(CN2CCCC2)C1. The topological polar surface area (TPSA) is 46.7 Å². The second-order valence-electron chi connectivity index (χ2n) is 8.05. The average Bonchev–Trinajstić information content (AvgIpc) is 3.44. The van der Waals surface area contributed by atoms with Gasteiger partial charge in [-0.05, 0) is 62.7 Å². The molecule has 1 aromatic carbocycles. The fourth-order valence-electron chi connectivity index (χ4n) is 4.65. The average molecular weight is 368 g/mol. The van der Waals surface area contributed by atoms with Crippen LogP contribution in [0.5, 0.6) is 0 Å². The fourth-order valence-corrected chi connectivity index (χ4v) is 4.65. The Morgan fingerprint density at radius 1 is 1.22 bits per heavy atom. The van der Waals surface area contributed by atoms with Gasteiger partial charge in [0.25, 0.3) is 0 Å². The molecular weight excluding hydrogens is 334 g/mol. The predicted molar refractivity (Wildman–Crippen MR) is 113 cm³/mol. The largest absolute Gasteiger partial charge is 0.361 e. The van der Waals surface area contributed by atoms with Crippen molar-refractivity contribution in [1.29, 1.82) is 0 Å². The number of nitrogens with one attached hydrogen (secondary N) is 2. The van der Waals surface area contributed by atoms with Gasteiger partial charge in [-0.25, -0.2) is 0 Å². The maximum atomic E-state index is 4.53. The highest BCUT2D eigenvalue weighted by atomic mass is 15.3. The number of likely N-dealkylation sites (tertiary alicyclic amines) is 2. The van der Waals surface area contributed by atoms with E-state index in [1.165, 1.54) is 55.4 Å². The summed E-state index contributed by atoms with van der Waals surface area (Å²) in [4.78, 5) is 13.0. The smallest absolute Gasteiger partial charge is 0.193 e. The number of aromatic amines is 1. The molecule has 0 spiro atoms. The van der Waals surface area contributed by atoms with E-state index in [4.69, 9.17) is 0 Å². The molecule has 146 valence electrons. The molecular formula is C22H33N5. The zero-order valence-electron chi connectivity index (χ0n) is 16.6. The number of hydrogen-bond acceptors (Lipinski definition) is 2. The van der Waals surface area contributed by atoms with E-state index in [1.807, 2.05) is 7.05 Å². The van der Waals surface area contributed by atoms with Crippen molar-refractivity contribution in [1.82, 2.24) is 20.1 Å². The Hall–Kier alpha value is -2.01. The first-order valence-corrected chi connectivity index (χ1v) is 10.6. The van der Waals surface area contributed by atoms with Crippen molar-refractivity contribution in [3.63, 3.8) is 0 Å². The van der Waals surface area contributed by atoms with Gasteiger partial charge < -0.3 is 20.1 Å². The Balaban J connectivity index is 1.21. The summed E-state index contributed by atoms with van der Waals surface area (Å²) in [6.07, 6.45) is 8.43. The van der Waals surface area contributed by atoms with Crippen LogP contribution in [-0.2, 0) is 6.42 Å². The maximum Gasteiger partial charge on any atom is 0.193 e. The third kappa shape index (κ3) is 4.46. The molecule has 0 saturated carbocycles. The minimum Gasteiger partial charge on any atom is -0.361 e. The van der Waals surface area contributed by atoms with Gasteiger partial charge in [-0.15, -0.1) is 0 Å². The number of fused-ring (bicyclic) bond motifs is 1. The summed E-state index contributed by atoms with van der Waals surface area (Å²) in [6, 6.07) is 8.55. The van der Waals surface area contributed by atoms with Crippen LogP contribution in [0.4, 0.5) is 0 Å². The predicted octanol–water partition coefficient (Wildman–Crippen LogP) is 3.09. The third-order valence-corrected chi connectivity index (χ3v) is 6.09. The lowest BCUT2D eigenvalue weighted by atomic mass is 10.1. The maximum absolute atomic E-state index is 4.53. The summed E-state index contributed by atoms with van der Waals surface area (Å²) < 4.78 is 0. The first-order valence-electron chi connectivity index (χ1n) is 10.6. The minimum atomic E-state index is 0.799. The summed E-state index contributed by atoms with van der Waals surface area (Å²) in [5, 5.41) is 4.94. The van der Waals surface area contributed by atoms with Crippen molar-refractivity contribution >= 4 is 16.9 Å². The van der Waals surface area contributed by atoms with Crippen LogP contribution < -0.4 is 5.32 Å². The highest BCUT2D eigenvalue weighted by molar-refractivity contribution is 5.83. The molecule has 1 unspecified atom stereocenters. The summed E-state index contributed by atoms with van der Waals surface area (Å²) in [6.45, 7) is 7.14. The van der Waals surface area contributed by atoms with Crippen molar-refractivity contribution in [2.24, 2.45) is 10.9 Å². The van der Waals surface area contributed by atoms with E-state index >= 15 is 0 Å². The Morgan fingerprint density at radius 2 is 2.07 bits per heavy atom. The summed E-state index contributed by atoms with van der Waals surface area (Å²) >= 11 is 0. The normalized spacial score (nSPS) is 21.4. The number of guanidine groups is 1. The number of H-pyrrole nitrogens is 1. The van der Waals surface area contributed by atoms with Crippen LogP contribution >= 0.6 is 0 Å². The molecule has 5 nitrogen and oxygen atoms in total. The lowest BCUT2D eigenvalue weighted by molar-refractivity contribution is 0.281. The van der Waals surface area contributed by atoms with Crippen molar-refractivity contribution in [2.45, 2.75) is 32.1 Å². The van der Waals surface area contributed by atoms with Crippen molar-refractivity contribution in [3.8, 4) is 0 Å². The number of nitrogens with zero attached hydrogens (tertiary/aromatic N) is 3. The van der Waals surface area contributed by atoms with Gasteiger partial charge in [0.15, 0.2) is 5.96 Å². The van der Waals surface area contributed by atoms with E-state index in [2.05, 4.69) is 55.6 Å². The molecule has 2 fully saturated rings. The molecule has 1 atom stereocenters. The second kappa shape index (κ2) is 8.79. The van der Waals surface area contributed by atoms with Crippen LogP contribution in [0.2, 0.25) is 0 Å². The van der Waals surface area contributed by atoms with E-state index in [9.17, 15) is 0 Å². The van der Waals surface area contributed by atoms with Crippen LogP contribution in [0.3, 0.4) is 0 Å². The lowest BCUT2D eigenvalue weighted by Gasteiger charge is -2.23. The van der Waals surface area contributed by atoms with E-state index in [1.54, 1.807) is 0 Å². The lowest BCUT2D eigenvalue weighted by Crippen LogP contribution is -2.41. The highest BCUT2D eigenvalue weighted by Gasteiger charge is 2.27. The summed E-state index contributed by atoms with van der Waals surface area (Å²) in [7, 11) is 1.91. The molecule has 0 bridgehead atoms. The number of benzene rings is 1. The molecule has 2 aromatic rings. The summed E-state index contributed by atoms with van der Waals surface area (Å²) in [5.74, 6) is 1.88. The monoisotopic (exact) mass is 367 g/mol. The Kier molecular flexibility index (Phi) is 5.97. The van der Waals surface area contributed by atoms with Crippen LogP contribution in [-0.4, -0.2) is 67.1 Å². The number of aliphatic imine (C=N–C) groups is 1. The van der Waals surface area contributed by atoms with Gasteiger partial charge in [0.05, 0.1) is 0 Å². The van der Waals surface area contributed by atoms with E-state index in [0.29, 0.717) is 0 Å². The number of para-hydroxylation sites is 1. The molecule has 0 aliphatic carbocycles. The zero-order chi connectivity index (χ0) is 18.5. The molecule has 1 aromatic heterocycles. The van der Waals surface area contributed by atoms with Crippen LogP contribution in [0.1, 0.15) is 31.2 Å². The van der Waals surface area contributed by atoms with Crippen LogP contribution in [0.15, 0.2) is 35.5 Å². The van der Waals surface area contributed by atoms with Crippen LogP contribution in [0.25, 0.3) is 10.9 Å².